The van der Waals surface area contributed by atoms with E-state index in [1.165, 1.54) is 4.91 Å². The maximum Gasteiger partial charge on any atom is 0.145 e. The number of H-pyrrole nitrogens is 1. The molecule has 4 heterocycles. The van der Waals surface area contributed by atoms with Crippen LogP contribution in [0, 0.1) is 0 Å². The van der Waals surface area contributed by atoms with E-state index >= 15 is 0 Å². The molecule has 4 rings (SSSR count). The monoisotopic (exact) mass is 327 g/mol. The molecule has 0 saturated heterocycles. The first-order valence-electron chi connectivity index (χ1n) is 7.47. The van der Waals surface area contributed by atoms with Crippen LogP contribution in [0.4, 0.5) is 5.82 Å². The van der Waals surface area contributed by atoms with E-state index in [9.17, 15) is 0 Å². The first-order chi connectivity index (χ1) is 11.3. The van der Waals surface area contributed by atoms with Crippen molar-refractivity contribution in [2.45, 2.75) is 6.54 Å². The molecule has 0 aromatic carbocycles. The summed E-state index contributed by atoms with van der Waals surface area (Å²) in [6.07, 6.45) is 9.57. The van der Waals surface area contributed by atoms with Crippen molar-refractivity contribution < 1.29 is 0 Å². The topological polar surface area (TPSA) is 88.6 Å². The fourth-order valence-corrected chi connectivity index (χ4v) is 3.64. The second-order valence-electron chi connectivity index (χ2n) is 5.25. The van der Waals surface area contributed by atoms with Gasteiger partial charge in [0.1, 0.15) is 17.8 Å². The number of aromatic amines is 1. The zero-order valence-electron chi connectivity index (χ0n) is 12.5. The third-order valence-corrected chi connectivity index (χ3v) is 4.78. The van der Waals surface area contributed by atoms with Gasteiger partial charge in [0, 0.05) is 47.9 Å². The van der Waals surface area contributed by atoms with Crippen molar-refractivity contribution in [3.63, 3.8) is 0 Å². The second-order valence-corrected chi connectivity index (χ2v) is 6.39. The first-order valence-corrected chi connectivity index (χ1v) is 8.46. The van der Waals surface area contributed by atoms with Crippen LogP contribution >= 0.6 is 11.8 Å². The van der Waals surface area contributed by atoms with E-state index in [4.69, 9.17) is 5.73 Å². The average molecular weight is 327 g/mol. The number of nitrogens with two attached hydrogens (primary N) is 1. The van der Waals surface area contributed by atoms with E-state index in [2.05, 4.69) is 31.2 Å². The molecular formula is C15H17N7S. The van der Waals surface area contributed by atoms with Crippen molar-refractivity contribution in [3.8, 4) is 0 Å². The maximum atomic E-state index is 5.58. The van der Waals surface area contributed by atoms with Gasteiger partial charge in [-0.3, -0.25) is 4.68 Å². The first kappa shape index (κ1) is 14.3. The smallest absolute Gasteiger partial charge is 0.145 e. The Hall–Kier alpha value is -2.32. The number of rotatable bonds is 4. The van der Waals surface area contributed by atoms with Gasteiger partial charge in [-0.2, -0.15) is 5.10 Å². The fraction of sp³-hybridized carbons (Fsp3) is 0.267. The highest BCUT2D eigenvalue weighted by molar-refractivity contribution is 8.08. The molecule has 1 aliphatic rings. The van der Waals surface area contributed by atoms with Crippen molar-refractivity contribution in [1.29, 1.82) is 0 Å². The summed E-state index contributed by atoms with van der Waals surface area (Å²) in [4.78, 5) is 15.2. The van der Waals surface area contributed by atoms with Crippen molar-refractivity contribution in [1.82, 2.24) is 24.7 Å². The number of nitrogens with one attached hydrogen (secondary N) is 1. The van der Waals surface area contributed by atoms with Gasteiger partial charge in [-0.1, -0.05) is 0 Å². The normalized spacial score (nSPS) is 15.2. The number of anilines is 1. The molecule has 3 aromatic heterocycles. The van der Waals surface area contributed by atoms with Crippen molar-refractivity contribution in [2.75, 3.05) is 23.7 Å². The van der Waals surface area contributed by atoms with Gasteiger partial charge in [-0.25, -0.2) is 9.97 Å². The minimum Gasteiger partial charge on any atom is -0.346 e. The van der Waals surface area contributed by atoms with Crippen LogP contribution in [0.2, 0.25) is 0 Å². The van der Waals surface area contributed by atoms with Gasteiger partial charge in [0.25, 0.3) is 0 Å². The Kier molecular flexibility index (Phi) is 3.76. The lowest BCUT2D eigenvalue weighted by atomic mass is 10.3. The van der Waals surface area contributed by atoms with E-state index in [0.717, 1.165) is 41.3 Å². The summed E-state index contributed by atoms with van der Waals surface area (Å²) >= 11 is 1.84. The molecule has 0 bridgehead atoms. The molecule has 0 spiro atoms. The zero-order chi connectivity index (χ0) is 15.6. The highest BCUT2D eigenvalue weighted by Crippen LogP contribution is 2.34. The van der Waals surface area contributed by atoms with Gasteiger partial charge in [0.15, 0.2) is 0 Å². The van der Waals surface area contributed by atoms with Gasteiger partial charge in [-0.15, -0.1) is 11.8 Å². The van der Waals surface area contributed by atoms with Gasteiger partial charge in [-0.05, 0) is 6.07 Å². The van der Waals surface area contributed by atoms with Crippen LogP contribution in [0.3, 0.4) is 0 Å². The van der Waals surface area contributed by atoms with Crippen LogP contribution in [-0.4, -0.2) is 43.6 Å². The minimum absolute atomic E-state index is 0.589. The molecule has 3 aromatic rings. The Labute approximate surface area is 137 Å². The molecule has 0 amide bonds. The summed E-state index contributed by atoms with van der Waals surface area (Å²) in [5.74, 6) is 1.94. The molecule has 1 aliphatic heterocycles. The molecule has 7 nitrogen and oxygen atoms in total. The quantitative estimate of drug-likeness (QED) is 0.758. The van der Waals surface area contributed by atoms with Gasteiger partial charge >= 0.3 is 0 Å². The van der Waals surface area contributed by atoms with Crippen LogP contribution in [-0.2, 0) is 6.54 Å². The van der Waals surface area contributed by atoms with E-state index < -0.39 is 0 Å². The van der Waals surface area contributed by atoms with Crippen molar-refractivity contribution in [2.24, 2.45) is 5.73 Å². The summed E-state index contributed by atoms with van der Waals surface area (Å²) in [6.45, 7) is 2.24. The summed E-state index contributed by atoms with van der Waals surface area (Å²) < 4.78 is 1.88. The van der Waals surface area contributed by atoms with E-state index in [1.54, 1.807) is 6.33 Å². The summed E-state index contributed by atoms with van der Waals surface area (Å²) in [5, 5.41) is 5.39. The second kappa shape index (κ2) is 6.05. The highest BCUT2D eigenvalue weighted by atomic mass is 32.2. The maximum absolute atomic E-state index is 5.58. The lowest BCUT2D eigenvalue weighted by Gasteiger charge is -2.25. The van der Waals surface area contributed by atoms with Crippen LogP contribution in [0.15, 0.2) is 37.2 Å². The van der Waals surface area contributed by atoms with E-state index in [1.807, 2.05) is 41.1 Å². The number of aromatic nitrogens is 5. The minimum atomic E-state index is 0.589. The predicted molar refractivity (Wildman–Crippen MR) is 93.0 cm³/mol. The fourth-order valence-electron chi connectivity index (χ4n) is 2.66. The Bertz CT molecular complexity index is 850. The van der Waals surface area contributed by atoms with Gasteiger partial charge in [0.2, 0.25) is 0 Å². The van der Waals surface area contributed by atoms with Gasteiger partial charge < -0.3 is 15.6 Å². The summed E-state index contributed by atoms with van der Waals surface area (Å²) in [7, 11) is 0. The predicted octanol–water partition coefficient (Wildman–Crippen LogP) is 1.66. The molecule has 3 N–H and O–H groups in total. The molecule has 0 atom stereocenters. The van der Waals surface area contributed by atoms with Crippen molar-refractivity contribution in [3.05, 3.63) is 42.7 Å². The van der Waals surface area contributed by atoms with Crippen LogP contribution in [0.5, 0.6) is 0 Å². The largest absolute Gasteiger partial charge is 0.346 e. The van der Waals surface area contributed by atoms with Crippen LogP contribution in [0.1, 0.15) is 5.56 Å². The number of hydrogen-bond acceptors (Lipinski definition) is 6. The van der Waals surface area contributed by atoms with Crippen molar-refractivity contribution >= 4 is 33.5 Å². The molecule has 0 fully saturated rings. The Morgan fingerprint density at radius 3 is 3.22 bits per heavy atom. The lowest BCUT2D eigenvalue weighted by molar-refractivity contribution is 0.625. The average Bonchev–Trinajstić information content (AvgIpc) is 3.24. The van der Waals surface area contributed by atoms with E-state index in [-0.39, 0.29) is 0 Å². The number of fused-ring (bicyclic) bond motifs is 1. The lowest BCUT2D eigenvalue weighted by Crippen LogP contribution is -2.24. The Morgan fingerprint density at radius 2 is 2.30 bits per heavy atom. The molecule has 0 unspecified atom stereocenters. The SMILES string of the molecule is NCCn1cc(C2=CN(c3ncnc4[nH]ccc34)CCS2)cn1. The molecule has 23 heavy (non-hydrogen) atoms. The molecule has 118 valence electrons. The molecule has 8 heteroatoms. The third-order valence-electron chi connectivity index (χ3n) is 3.74. The molecule has 0 saturated carbocycles. The zero-order valence-corrected chi connectivity index (χ0v) is 13.3. The van der Waals surface area contributed by atoms with Crippen LogP contribution < -0.4 is 10.6 Å². The Morgan fingerprint density at radius 1 is 1.35 bits per heavy atom. The van der Waals surface area contributed by atoms with E-state index in [0.29, 0.717) is 6.54 Å². The van der Waals surface area contributed by atoms with Crippen LogP contribution in [0.25, 0.3) is 15.9 Å². The number of hydrogen-bond donors (Lipinski definition) is 2. The number of thioether (sulfide) groups is 1. The Balaban J connectivity index is 1.68. The summed E-state index contributed by atoms with van der Waals surface area (Å²) in [6, 6.07) is 2.01. The number of nitrogens with zero attached hydrogens (tertiary/aromatic N) is 5. The van der Waals surface area contributed by atoms with Gasteiger partial charge in [0.05, 0.1) is 18.1 Å². The third kappa shape index (κ3) is 2.71. The highest BCUT2D eigenvalue weighted by Gasteiger charge is 2.18. The summed E-state index contributed by atoms with van der Waals surface area (Å²) in [5.41, 5.74) is 7.56. The standard InChI is InChI=1S/C15H17N7S/c16-2-4-22-8-11(7-20-22)13-9-21(5-6-23-13)15-12-1-3-17-14(12)18-10-19-15/h1,3,7-10H,2,4-6,16H2,(H,17,18,19). The molecular weight excluding hydrogens is 310 g/mol. The molecule has 0 radical (unpaired) electrons. The molecule has 0 aliphatic carbocycles.